The third-order valence-corrected chi connectivity index (χ3v) is 3.77. The van der Waals surface area contributed by atoms with Crippen LogP contribution in [0.25, 0.3) is 0 Å². The van der Waals surface area contributed by atoms with Crippen LogP contribution in [0.15, 0.2) is 18.2 Å². The summed E-state index contributed by atoms with van der Waals surface area (Å²) in [5.74, 6) is -1.12. The number of hydrogen-bond acceptors (Lipinski definition) is 3. The van der Waals surface area contributed by atoms with E-state index in [0.717, 1.165) is 0 Å². The number of nitrogens with one attached hydrogen (secondary N) is 2. The molecule has 112 valence electrons. The minimum Gasteiger partial charge on any atom is -0.324 e. The summed E-state index contributed by atoms with van der Waals surface area (Å²) in [5, 5.41) is 13.9. The van der Waals surface area contributed by atoms with Gasteiger partial charge in [-0.2, -0.15) is 18.4 Å². The molecule has 7 heteroatoms. The van der Waals surface area contributed by atoms with Crippen molar-refractivity contribution in [3.05, 3.63) is 29.3 Å². The summed E-state index contributed by atoms with van der Waals surface area (Å²) >= 11 is 0. The van der Waals surface area contributed by atoms with E-state index in [9.17, 15) is 18.0 Å². The molecule has 4 nitrogen and oxygen atoms in total. The van der Waals surface area contributed by atoms with Gasteiger partial charge >= 0.3 is 6.18 Å². The van der Waals surface area contributed by atoms with Gasteiger partial charge in [-0.25, -0.2) is 0 Å². The molecule has 0 spiro atoms. The Morgan fingerprint density at radius 3 is 2.71 bits per heavy atom. The van der Waals surface area contributed by atoms with Gasteiger partial charge in [0.25, 0.3) is 0 Å². The van der Waals surface area contributed by atoms with Gasteiger partial charge < -0.3 is 10.6 Å². The third kappa shape index (κ3) is 2.59. The Bertz CT molecular complexity index is 598. The minimum absolute atomic E-state index is 0.109. The molecule has 1 aromatic carbocycles. The topological polar surface area (TPSA) is 64.9 Å². The van der Waals surface area contributed by atoms with Crippen molar-refractivity contribution in [2.24, 2.45) is 5.41 Å². The van der Waals surface area contributed by atoms with Crippen molar-refractivity contribution in [3.63, 3.8) is 0 Å². The van der Waals surface area contributed by atoms with Gasteiger partial charge in [0.2, 0.25) is 5.91 Å². The Morgan fingerprint density at radius 1 is 1.48 bits per heavy atom. The van der Waals surface area contributed by atoms with Crippen LogP contribution < -0.4 is 10.6 Å². The molecule has 21 heavy (non-hydrogen) atoms. The Labute approximate surface area is 119 Å². The van der Waals surface area contributed by atoms with E-state index in [-0.39, 0.29) is 24.2 Å². The molecular weight excluding hydrogens is 283 g/mol. The number of benzene rings is 1. The van der Waals surface area contributed by atoms with E-state index >= 15 is 0 Å². The minimum atomic E-state index is -4.64. The number of alkyl halides is 3. The van der Waals surface area contributed by atoms with Gasteiger partial charge in [-0.05, 0) is 31.5 Å². The van der Waals surface area contributed by atoms with Crippen molar-refractivity contribution in [2.75, 3.05) is 18.4 Å². The maximum atomic E-state index is 13.3. The summed E-state index contributed by atoms with van der Waals surface area (Å²) in [6.07, 6.45) is -4.95. The van der Waals surface area contributed by atoms with Gasteiger partial charge in [0.1, 0.15) is 6.07 Å². The molecule has 1 unspecified atom stereocenters. The fourth-order valence-electron chi connectivity index (χ4n) is 2.42. The Hall–Kier alpha value is -2.07. The maximum absolute atomic E-state index is 13.3. The molecule has 0 aliphatic carbocycles. The molecule has 1 atom stereocenters. The SMILES string of the molecule is Cc1cccc(NC(=O)C2(C(F)(F)F)CCNC2)c1C#N. The molecule has 1 aliphatic rings. The van der Waals surface area contributed by atoms with Gasteiger partial charge in [-0.3, -0.25) is 4.79 Å². The van der Waals surface area contributed by atoms with E-state index in [1.54, 1.807) is 19.1 Å². The average molecular weight is 297 g/mol. The lowest BCUT2D eigenvalue weighted by molar-refractivity contribution is -0.213. The summed E-state index contributed by atoms with van der Waals surface area (Å²) in [6, 6.07) is 6.57. The molecule has 0 bridgehead atoms. The van der Waals surface area contributed by atoms with Gasteiger partial charge in [-0.1, -0.05) is 12.1 Å². The summed E-state index contributed by atoms with van der Waals surface area (Å²) in [5.41, 5.74) is -1.56. The molecule has 1 aromatic rings. The number of hydrogen-bond donors (Lipinski definition) is 2. The van der Waals surface area contributed by atoms with Gasteiger partial charge in [0.15, 0.2) is 5.41 Å². The Kier molecular flexibility index (Phi) is 3.92. The lowest BCUT2D eigenvalue weighted by Gasteiger charge is -2.29. The number of amides is 1. The maximum Gasteiger partial charge on any atom is 0.404 e. The molecule has 1 fully saturated rings. The average Bonchev–Trinajstić information content (AvgIpc) is 2.89. The first-order chi connectivity index (χ1) is 9.82. The highest BCUT2D eigenvalue weighted by atomic mass is 19.4. The smallest absolute Gasteiger partial charge is 0.324 e. The monoisotopic (exact) mass is 297 g/mol. The predicted octanol–water partition coefficient (Wildman–Crippen LogP) is 2.35. The van der Waals surface area contributed by atoms with Crippen molar-refractivity contribution in [2.45, 2.75) is 19.5 Å². The van der Waals surface area contributed by atoms with Crippen molar-refractivity contribution in [1.82, 2.24) is 5.32 Å². The Balaban J connectivity index is 2.34. The summed E-state index contributed by atoms with van der Waals surface area (Å²) in [6.45, 7) is 1.34. The molecule has 1 heterocycles. The second-order valence-corrected chi connectivity index (χ2v) is 5.07. The summed E-state index contributed by atoms with van der Waals surface area (Å²) < 4.78 is 39.8. The van der Waals surface area contributed by atoms with Crippen LogP contribution in [-0.4, -0.2) is 25.2 Å². The van der Waals surface area contributed by atoms with Crippen LogP contribution >= 0.6 is 0 Å². The van der Waals surface area contributed by atoms with Crippen LogP contribution in [0.1, 0.15) is 17.5 Å². The summed E-state index contributed by atoms with van der Waals surface area (Å²) in [7, 11) is 0. The number of anilines is 1. The van der Waals surface area contributed by atoms with Crippen LogP contribution in [0, 0.1) is 23.7 Å². The number of halogens is 3. The lowest BCUT2D eigenvalue weighted by atomic mass is 9.85. The molecule has 0 radical (unpaired) electrons. The van der Waals surface area contributed by atoms with Crippen LogP contribution in [0.4, 0.5) is 18.9 Å². The van der Waals surface area contributed by atoms with E-state index in [0.29, 0.717) is 5.56 Å². The number of aryl methyl sites for hydroxylation is 1. The Morgan fingerprint density at radius 2 is 2.19 bits per heavy atom. The van der Waals surface area contributed by atoms with Crippen LogP contribution in [0.5, 0.6) is 0 Å². The molecule has 2 N–H and O–H groups in total. The van der Waals surface area contributed by atoms with Crippen molar-refractivity contribution in [3.8, 4) is 6.07 Å². The number of nitriles is 1. The second kappa shape index (κ2) is 5.37. The van der Waals surface area contributed by atoms with E-state index < -0.39 is 24.0 Å². The fraction of sp³-hybridized carbons (Fsp3) is 0.429. The summed E-state index contributed by atoms with van der Waals surface area (Å²) in [4.78, 5) is 12.2. The molecular formula is C14H14F3N3O. The number of carbonyl (C=O) groups excluding carboxylic acids is 1. The highest BCUT2D eigenvalue weighted by Gasteiger charge is 2.61. The first-order valence-corrected chi connectivity index (χ1v) is 6.40. The largest absolute Gasteiger partial charge is 0.404 e. The second-order valence-electron chi connectivity index (χ2n) is 5.07. The van der Waals surface area contributed by atoms with Crippen LogP contribution in [0.2, 0.25) is 0 Å². The highest BCUT2D eigenvalue weighted by Crippen LogP contribution is 2.44. The number of rotatable bonds is 2. The van der Waals surface area contributed by atoms with Gasteiger partial charge in [-0.15, -0.1) is 0 Å². The predicted molar refractivity (Wildman–Crippen MR) is 70.5 cm³/mol. The molecule has 1 saturated heterocycles. The van der Waals surface area contributed by atoms with Crippen LogP contribution in [-0.2, 0) is 4.79 Å². The van der Waals surface area contributed by atoms with Crippen LogP contribution in [0.3, 0.4) is 0 Å². The first-order valence-electron chi connectivity index (χ1n) is 6.40. The quantitative estimate of drug-likeness (QED) is 0.880. The zero-order valence-corrected chi connectivity index (χ0v) is 11.3. The van der Waals surface area contributed by atoms with Gasteiger partial charge in [0, 0.05) is 6.54 Å². The lowest BCUT2D eigenvalue weighted by Crippen LogP contribution is -2.49. The zero-order valence-electron chi connectivity index (χ0n) is 11.3. The highest BCUT2D eigenvalue weighted by molar-refractivity contribution is 5.97. The molecule has 2 rings (SSSR count). The fourth-order valence-corrected chi connectivity index (χ4v) is 2.42. The van der Waals surface area contributed by atoms with Crippen molar-refractivity contribution >= 4 is 11.6 Å². The van der Waals surface area contributed by atoms with E-state index in [4.69, 9.17) is 5.26 Å². The van der Waals surface area contributed by atoms with E-state index in [1.165, 1.54) is 6.07 Å². The molecule has 0 saturated carbocycles. The molecule has 1 amide bonds. The first kappa shape index (κ1) is 15.3. The molecule has 0 aromatic heterocycles. The normalized spacial score (nSPS) is 21.9. The zero-order chi connectivity index (χ0) is 15.7. The van der Waals surface area contributed by atoms with E-state index in [1.807, 2.05) is 6.07 Å². The van der Waals surface area contributed by atoms with Crippen molar-refractivity contribution < 1.29 is 18.0 Å². The third-order valence-electron chi connectivity index (χ3n) is 3.77. The number of carbonyl (C=O) groups is 1. The van der Waals surface area contributed by atoms with Gasteiger partial charge in [0.05, 0.1) is 11.3 Å². The van der Waals surface area contributed by atoms with Crippen molar-refractivity contribution in [1.29, 1.82) is 5.26 Å². The molecule has 1 aliphatic heterocycles. The number of nitrogens with zero attached hydrogens (tertiary/aromatic N) is 1. The standard InChI is InChI=1S/C14H14F3N3O/c1-9-3-2-4-11(10(9)7-18)20-12(21)13(14(15,16)17)5-6-19-8-13/h2-4,19H,5-6,8H2,1H3,(H,20,21). The van der Waals surface area contributed by atoms with E-state index in [2.05, 4.69) is 10.6 Å².